The SMILES string of the molecule is C/[N+]([O-])=N\Nc1ccccc1. The maximum Gasteiger partial charge on any atom is 0.146 e. The van der Waals surface area contributed by atoms with Gasteiger partial charge < -0.3 is 5.21 Å². The lowest BCUT2D eigenvalue weighted by Gasteiger charge is -1.96. The second-order valence-electron chi connectivity index (χ2n) is 2.04. The lowest BCUT2D eigenvalue weighted by atomic mass is 10.3. The first-order valence-electron chi connectivity index (χ1n) is 3.21. The molecule has 0 bridgehead atoms. The minimum atomic E-state index is 0.465. The summed E-state index contributed by atoms with van der Waals surface area (Å²) in [6.45, 7) is 0. The fourth-order valence-electron chi connectivity index (χ4n) is 0.641. The van der Waals surface area contributed by atoms with Crippen molar-refractivity contribution in [3.63, 3.8) is 0 Å². The smallest absolute Gasteiger partial charge is 0.146 e. The first-order valence-corrected chi connectivity index (χ1v) is 3.21. The first-order chi connectivity index (χ1) is 5.29. The summed E-state index contributed by atoms with van der Waals surface area (Å²) in [5.41, 5.74) is 3.38. The van der Waals surface area contributed by atoms with Crippen molar-refractivity contribution in [2.45, 2.75) is 0 Å². The molecule has 1 aromatic rings. The molecule has 0 spiro atoms. The van der Waals surface area contributed by atoms with Crippen LogP contribution in [0.15, 0.2) is 35.6 Å². The van der Waals surface area contributed by atoms with Gasteiger partial charge in [0.05, 0.1) is 5.22 Å². The summed E-state index contributed by atoms with van der Waals surface area (Å²) in [6, 6.07) is 9.28. The van der Waals surface area contributed by atoms with Gasteiger partial charge in [-0.05, 0) is 12.1 Å². The normalized spacial score (nSPS) is 11.2. The van der Waals surface area contributed by atoms with E-state index in [1.807, 2.05) is 30.3 Å². The molecule has 11 heavy (non-hydrogen) atoms. The van der Waals surface area contributed by atoms with Gasteiger partial charge in [-0.15, -0.1) is 5.43 Å². The number of para-hydroxylation sites is 1. The first kappa shape index (κ1) is 7.53. The van der Waals surface area contributed by atoms with Crippen LogP contribution in [0.1, 0.15) is 0 Å². The second-order valence-corrected chi connectivity index (χ2v) is 2.04. The van der Waals surface area contributed by atoms with Crippen LogP contribution in [0.4, 0.5) is 5.69 Å². The Bertz CT molecular complexity index is 241. The van der Waals surface area contributed by atoms with Crippen molar-refractivity contribution in [2.24, 2.45) is 5.22 Å². The zero-order valence-corrected chi connectivity index (χ0v) is 6.19. The molecule has 1 rings (SSSR count). The van der Waals surface area contributed by atoms with Crippen molar-refractivity contribution in [1.29, 1.82) is 0 Å². The van der Waals surface area contributed by atoms with Crippen LogP contribution in [-0.2, 0) is 0 Å². The van der Waals surface area contributed by atoms with Gasteiger partial charge in [-0.3, -0.25) is 0 Å². The van der Waals surface area contributed by atoms with Crippen LogP contribution >= 0.6 is 0 Å². The molecule has 0 aliphatic heterocycles. The van der Waals surface area contributed by atoms with Crippen molar-refractivity contribution in [2.75, 3.05) is 12.5 Å². The lowest BCUT2D eigenvalue weighted by Crippen LogP contribution is -1.96. The summed E-state index contributed by atoms with van der Waals surface area (Å²) in [5.74, 6) is 0. The predicted molar refractivity (Wildman–Crippen MR) is 42.0 cm³/mol. The summed E-state index contributed by atoms with van der Waals surface area (Å²) in [7, 11) is 1.32. The average molecular weight is 151 g/mol. The van der Waals surface area contributed by atoms with Gasteiger partial charge in [0.15, 0.2) is 0 Å². The van der Waals surface area contributed by atoms with E-state index in [0.717, 1.165) is 5.69 Å². The second kappa shape index (κ2) is 3.55. The Labute approximate surface area is 64.7 Å². The summed E-state index contributed by atoms with van der Waals surface area (Å²) in [5, 5.41) is 13.7. The summed E-state index contributed by atoms with van der Waals surface area (Å²) in [4.78, 5) is 0.465. The molecule has 0 radical (unpaired) electrons. The maximum absolute atomic E-state index is 10.3. The van der Waals surface area contributed by atoms with Crippen LogP contribution in [0.3, 0.4) is 0 Å². The number of nitrogens with zero attached hydrogens (tertiary/aromatic N) is 2. The molecule has 0 aromatic heterocycles. The lowest BCUT2D eigenvalue weighted by molar-refractivity contribution is -0.497. The molecule has 0 saturated heterocycles. The van der Waals surface area contributed by atoms with Gasteiger partial charge in [-0.1, -0.05) is 18.2 Å². The van der Waals surface area contributed by atoms with Crippen molar-refractivity contribution in [3.05, 3.63) is 35.5 Å². The monoisotopic (exact) mass is 151 g/mol. The third kappa shape index (κ3) is 2.66. The van der Waals surface area contributed by atoms with E-state index in [2.05, 4.69) is 10.6 Å². The van der Waals surface area contributed by atoms with E-state index in [4.69, 9.17) is 0 Å². The molecule has 0 aliphatic carbocycles. The minimum absolute atomic E-state index is 0.465. The Morgan fingerprint density at radius 1 is 1.36 bits per heavy atom. The maximum atomic E-state index is 10.3. The molecule has 0 amide bonds. The van der Waals surface area contributed by atoms with Crippen molar-refractivity contribution in [1.82, 2.24) is 0 Å². The molecule has 1 aromatic carbocycles. The average Bonchev–Trinajstić information content (AvgIpc) is 2.03. The topological polar surface area (TPSA) is 50.5 Å². The van der Waals surface area contributed by atoms with Gasteiger partial charge in [0.2, 0.25) is 0 Å². The number of anilines is 1. The Morgan fingerprint density at radius 2 is 2.00 bits per heavy atom. The number of hydrogen-bond acceptors (Lipinski definition) is 2. The number of nitrogens with one attached hydrogen (secondary N) is 1. The van der Waals surface area contributed by atoms with E-state index in [-0.39, 0.29) is 0 Å². The van der Waals surface area contributed by atoms with Gasteiger partial charge in [-0.25, -0.2) is 0 Å². The van der Waals surface area contributed by atoms with Crippen LogP contribution in [0.5, 0.6) is 0 Å². The largest absolute Gasteiger partial charge is 0.696 e. The van der Waals surface area contributed by atoms with E-state index < -0.39 is 0 Å². The molecule has 4 heteroatoms. The molecule has 0 unspecified atom stereocenters. The highest BCUT2D eigenvalue weighted by Crippen LogP contribution is 2.03. The quantitative estimate of drug-likeness (QED) is 0.396. The molecule has 1 N–H and O–H groups in total. The van der Waals surface area contributed by atoms with Crippen LogP contribution in [-0.4, -0.2) is 11.9 Å². The molecule has 0 saturated carbocycles. The molecule has 0 fully saturated rings. The molecular weight excluding hydrogens is 142 g/mol. The van der Waals surface area contributed by atoms with Crippen molar-refractivity contribution >= 4 is 5.69 Å². The minimum Gasteiger partial charge on any atom is -0.696 e. The van der Waals surface area contributed by atoms with Crippen molar-refractivity contribution in [3.8, 4) is 0 Å². The standard InChI is InChI=1S/C7H9N3O/c1-10(11)9-8-7-5-3-2-4-6-7/h2-6,8H,1H3/b10-9+. The molecule has 58 valence electrons. The summed E-state index contributed by atoms with van der Waals surface area (Å²) in [6.07, 6.45) is 0. The number of benzene rings is 1. The Kier molecular flexibility index (Phi) is 2.43. The Balaban J connectivity index is 2.59. The molecule has 0 heterocycles. The van der Waals surface area contributed by atoms with Gasteiger partial charge in [-0.2, -0.15) is 4.86 Å². The number of hydroxylamine groups is 1. The Morgan fingerprint density at radius 3 is 2.55 bits per heavy atom. The highest BCUT2D eigenvalue weighted by molar-refractivity contribution is 5.40. The van der Waals surface area contributed by atoms with Crippen LogP contribution in [0, 0.1) is 5.21 Å². The van der Waals surface area contributed by atoms with E-state index in [1.165, 1.54) is 7.05 Å². The predicted octanol–water partition coefficient (Wildman–Crippen LogP) is 1.61. The van der Waals surface area contributed by atoms with E-state index in [0.29, 0.717) is 4.86 Å². The van der Waals surface area contributed by atoms with Crippen LogP contribution < -0.4 is 5.43 Å². The van der Waals surface area contributed by atoms with Gasteiger partial charge in [0, 0.05) is 0 Å². The van der Waals surface area contributed by atoms with Gasteiger partial charge in [0.25, 0.3) is 0 Å². The molecule has 0 atom stereocenters. The van der Waals surface area contributed by atoms with Gasteiger partial charge >= 0.3 is 0 Å². The zero-order chi connectivity index (χ0) is 8.10. The Hall–Kier alpha value is -1.58. The van der Waals surface area contributed by atoms with E-state index >= 15 is 0 Å². The highest BCUT2D eigenvalue weighted by Gasteiger charge is 1.89. The molecule has 4 nitrogen and oxygen atoms in total. The van der Waals surface area contributed by atoms with E-state index in [1.54, 1.807) is 0 Å². The molecule has 0 aliphatic rings. The van der Waals surface area contributed by atoms with E-state index in [9.17, 15) is 5.21 Å². The molecular formula is C7H9N3O. The van der Waals surface area contributed by atoms with Gasteiger partial charge in [0.1, 0.15) is 12.7 Å². The third-order valence-corrected chi connectivity index (χ3v) is 1.09. The fourth-order valence-corrected chi connectivity index (χ4v) is 0.641. The van der Waals surface area contributed by atoms with Crippen molar-refractivity contribution < 1.29 is 4.86 Å². The third-order valence-electron chi connectivity index (χ3n) is 1.09. The zero-order valence-electron chi connectivity index (χ0n) is 6.19. The summed E-state index contributed by atoms with van der Waals surface area (Å²) < 4.78 is 0. The van der Waals surface area contributed by atoms with Crippen LogP contribution in [0.25, 0.3) is 0 Å². The van der Waals surface area contributed by atoms with Crippen LogP contribution in [0.2, 0.25) is 0 Å². The summed E-state index contributed by atoms with van der Waals surface area (Å²) >= 11 is 0. The fraction of sp³-hybridized carbons (Fsp3) is 0.143. The number of hydrogen-bond donors (Lipinski definition) is 1. The highest BCUT2D eigenvalue weighted by atomic mass is 16.5. The number of rotatable bonds is 2.